The van der Waals surface area contributed by atoms with Crippen molar-refractivity contribution in [2.24, 2.45) is 5.10 Å². The summed E-state index contributed by atoms with van der Waals surface area (Å²) in [5, 5.41) is 29.5. The van der Waals surface area contributed by atoms with E-state index in [4.69, 9.17) is 17.3 Å². The number of anilines is 1. The summed E-state index contributed by atoms with van der Waals surface area (Å²) in [6.07, 6.45) is 0. The molecule has 0 aliphatic heterocycles. The SMILES string of the molecule is CC(=NNC(=O)c1nnn(-c2nonc2N)c1CSc1ccc(Cl)cc1)c1ccc(O)cc1. The number of hydrogen-bond donors (Lipinski definition) is 3. The number of thioether (sulfide) groups is 1. The number of hydrogen-bond acceptors (Lipinski definition) is 10. The van der Waals surface area contributed by atoms with Crippen LogP contribution in [0, 0.1) is 0 Å². The Bertz CT molecular complexity index is 1300. The molecule has 4 N–H and O–H groups in total. The maximum Gasteiger partial charge on any atom is 0.293 e. The number of carbonyl (C=O) groups is 1. The number of benzene rings is 2. The van der Waals surface area contributed by atoms with E-state index in [1.54, 1.807) is 31.2 Å². The molecule has 0 saturated carbocycles. The van der Waals surface area contributed by atoms with Gasteiger partial charge in [0.2, 0.25) is 11.6 Å². The Morgan fingerprint density at radius 3 is 2.61 bits per heavy atom. The van der Waals surface area contributed by atoms with E-state index in [-0.39, 0.29) is 23.1 Å². The van der Waals surface area contributed by atoms with Crippen LogP contribution in [0.15, 0.2) is 63.2 Å². The summed E-state index contributed by atoms with van der Waals surface area (Å²) in [4.78, 5) is 13.8. The topological polar surface area (TPSA) is 157 Å². The van der Waals surface area contributed by atoms with Crippen LogP contribution in [0.25, 0.3) is 5.82 Å². The molecule has 33 heavy (non-hydrogen) atoms. The molecule has 168 valence electrons. The number of aromatic nitrogens is 5. The zero-order valence-corrected chi connectivity index (χ0v) is 18.7. The second kappa shape index (κ2) is 9.71. The van der Waals surface area contributed by atoms with E-state index in [1.165, 1.54) is 28.6 Å². The predicted octanol–water partition coefficient (Wildman–Crippen LogP) is 3.04. The van der Waals surface area contributed by atoms with Crippen LogP contribution in [-0.2, 0) is 5.75 Å². The minimum Gasteiger partial charge on any atom is -0.508 e. The minimum absolute atomic E-state index is 0.00537. The van der Waals surface area contributed by atoms with Crippen LogP contribution in [0.1, 0.15) is 28.7 Å². The van der Waals surface area contributed by atoms with Gasteiger partial charge in [0.1, 0.15) is 5.75 Å². The van der Waals surface area contributed by atoms with Gasteiger partial charge >= 0.3 is 0 Å². The average molecular weight is 485 g/mol. The van der Waals surface area contributed by atoms with Gasteiger partial charge in [-0.1, -0.05) is 16.8 Å². The van der Waals surface area contributed by atoms with Crippen molar-refractivity contribution in [1.82, 2.24) is 30.7 Å². The molecule has 2 aromatic heterocycles. The molecule has 11 nitrogen and oxygen atoms in total. The lowest BCUT2D eigenvalue weighted by Gasteiger charge is -2.06. The van der Waals surface area contributed by atoms with Crippen LogP contribution in [-0.4, -0.2) is 42.0 Å². The van der Waals surface area contributed by atoms with Gasteiger partial charge in [0, 0.05) is 15.7 Å². The first-order valence-electron chi connectivity index (χ1n) is 9.47. The number of carbonyl (C=O) groups excluding carboxylic acids is 1. The molecule has 0 bridgehead atoms. The summed E-state index contributed by atoms with van der Waals surface area (Å²) >= 11 is 7.39. The Morgan fingerprint density at radius 1 is 1.21 bits per heavy atom. The van der Waals surface area contributed by atoms with Crippen molar-refractivity contribution in [2.45, 2.75) is 17.6 Å². The molecule has 4 rings (SSSR count). The van der Waals surface area contributed by atoms with Crippen molar-refractivity contribution in [2.75, 3.05) is 5.73 Å². The summed E-state index contributed by atoms with van der Waals surface area (Å²) < 4.78 is 5.97. The van der Waals surface area contributed by atoms with Gasteiger partial charge in [-0.2, -0.15) is 9.78 Å². The zero-order valence-electron chi connectivity index (χ0n) is 17.1. The van der Waals surface area contributed by atoms with Crippen molar-refractivity contribution in [3.63, 3.8) is 0 Å². The summed E-state index contributed by atoms with van der Waals surface area (Å²) in [6.45, 7) is 1.72. The van der Waals surface area contributed by atoms with E-state index in [2.05, 4.69) is 35.8 Å². The largest absolute Gasteiger partial charge is 0.508 e. The molecule has 0 spiro atoms. The van der Waals surface area contributed by atoms with Gasteiger partial charge in [-0.3, -0.25) is 4.79 Å². The van der Waals surface area contributed by atoms with Crippen LogP contribution < -0.4 is 11.2 Å². The van der Waals surface area contributed by atoms with Gasteiger partial charge < -0.3 is 10.8 Å². The summed E-state index contributed by atoms with van der Waals surface area (Å²) in [6, 6.07) is 13.7. The number of nitrogens with one attached hydrogen (secondary N) is 1. The van der Waals surface area contributed by atoms with Crippen molar-refractivity contribution in [1.29, 1.82) is 0 Å². The summed E-state index contributed by atoms with van der Waals surface area (Å²) in [7, 11) is 0. The van der Waals surface area contributed by atoms with E-state index in [0.29, 0.717) is 22.2 Å². The van der Waals surface area contributed by atoms with Crippen LogP contribution >= 0.6 is 23.4 Å². The third-order valence-electron chi connectivity index (χ3n) is 4.47. The van der Waals surface area contributed by atoms with Crippen LogP contribution in [0.2, 0.25) is 5.02 Å². The zero-order chi connectivity index (χ0) is 23.4. The Morgan fingerprint density at radius 2 is 1.94 bits per heavy atom. The molecule has 2 aromatic carbocycles. The molecule has 0 aliphatic rings. The van der Waals surface area contributed by atoms with Gasteiger partial charge in [-0.15, -0.1) is 16.9 Å². The lowest BCUT2D eigenvalue weighted by molar-refractivity contribution is 0.0949. The standard InChI is InChI=1S/C20H17ClN8O3S/c1-11(12-2-6-14(30)7-3-12)23-25-20(31)17-16(10-33-15-8-4-13(21)5-9-15)29(28-24-17)19-18(22)26-32-27-19/h2-9,30H,10H2,1H3,(H2,22,26)(H,25,31). The minimum atomic E-state index is -0.568. The van der Waals surface area contributed by atoms with E-state index in [1.807, 2.05) is 12.1 Å². The molecule has 4 aromatic rings. The second-order valence-corrected chi connectivity index (χ2v) is 8.18. The number of rotatable bonds is 7. The van der Waals surface area contributed by atoms with Crippen molar-refractivity contribution in [3.8, 4) is 11.6 Å². The van der Waals surface area contributed by atoms with E-state index in [0.717, 1.165) is 10.5 Å². The molecule has 0 unspecified atom stereocenters. The fourth-order valence-electron chi connectivity index (χ4n) is 2.75. The fraction of sp³-hybridized carbons (Fsp3) is 0.100. The maximum absolute atomic E-state index is 12.9. The molecule has 0 fully saturated rings. The van der Waals surface area contributed by atoms with E-state index >= 15 is 0 Å². The quantitative estimate of drug-likeness (QED) is 0.203. The van der Waals surface area contributed by atoms with Gasteiger partial charge in [0.15, 0.2) is 5.69 Å². The second-order valence-electron chi connectivity index (χ2n) is 6.70. The lowest BCUT2D eigenvalue weighted by atomic mass is 10.1. The molecule has 2 heterocycles. The van der Waals surface area contributed by atoms with Crippen LogP contribution in [0.5, 0.6) is 5.75 Å². The number of hydrazone groups is 1. The number of phenols is 1. The van der Waals surface area contributed by atoms with Crippen molar-refractivity contribution in [3.05, 3.63) is 70.5 Å². The molecule has 0 radical (unpaired) electrons. The molecular formula is C20H17ClN8O3S. The van der Waals surface area contributed by atoms with E-state index < -0.39 is 5.91 Å². The smallest absolute Gasteiger partial charge is 0.293 e. The highest BCUT2D eigenvalue weighted by Gasteiger charge is 2.24. The number of phenolic OH excluding ortho intramolecular Hbond substituents is 1. The molecule has 0 atom stereocenters. The maximum atomic E-state index is 12.9. The molecule has 0 saturated heterocycles. The Hall–Kier alpha value is -3.90. The Balaban J connectivity index is 1.59. The third kappa shape index (κ3) is 5.13. The number of nitrogens with two attached hydrogens (primary N) is 1. The monoisotopic (exact) mass is 484 g/mol. The lowest BCUT2D eigenvalue weighted by Crippen LogP contribution is -2.21. The molecule has 0 aliphatic carbocycles. The molecule has 13 heteroatoms. The molecular weight excluding hydrogens is 468 g/mol. The number of amides is 1. The highest BCUT2D eigenvalue weighted by atomic mass is 35.5. The fourth-order valence-corrected chi connectivity index (χ4v) is 3.77. The highest BCUT2D eigenvalue weighted by Crippen LogP contribution is 2.27. The first-order chi connectivity index (χ1) is 15.9. The Labute approximate surface area is 196 Å². The van der Waals surface area contributed by atoms with Crippen LogP contribution in [0.3, 0.4) is 0 Å². The van der Waals surface area contributed by atoms with E-state index in [9.17, 15) is 9.90 Å². The first kappa shape index (κ1) is 22.3. The average Bonchev–Trinajstić information content (AvgIpc) is 3.43. The normalized spacial score (nSPS) is 11.5. The van der Waals surface area contributed by atoms with Crippen molar-refractivity contribution < 1.29 is 14.5 Å². The summed E-state index contributed by atoms with van der Waals surface area (Å²) in [5.74, 6) is 0.00485. The van der Waals surface area contributed by atoms with Gasteiger partial charge in [-0.05, 0) is 71.3 Å². The number of nitrogens with zero attached hydrogens (tertiary/aromatic N) is 6. The first-order valence-corrected chi connectivity index (χ1v) is 10.8. The van der Waals surface area contributed by atoms with Crippen molar-refractivity contribution >= 4 is 40.8 Å². The van der Waals surface area contributed by atoms with Gasteiger partial charge in [-0.25, -0.2) is 10.1 Å². The third-order valence-corrected chi connectivity index (χ3v) is 5.75. The predicted molar refractivity (Wildman–Crippen MR) is 122 cm³/mol. The summed E-state index contributed by atoms with van der Waals surface area (Å²) in [5.41, 5.74) is 10.0. The van der Waals surface area contributed by atoms with Gasteiger partial charge in [0.25, 0.3) is 5.91 Å². The number of nitrogen functional groups attached to an aromatic ring is 1. The Kier molecular flexibility index (Phi) is 6.56. The van der Waals surface area contributed by atoms with Gasteiger partial charge in [0.05, 0.1) is 11.4 Å². The highest BCUT2D eigenvalue weighted by molar-refractivity contribution is 7.98. The molecule has 1 amide bonds. The number of aromatic hydroxyl groups is 1. The van der Waals surface area contributed by atoms with Crippen LogP contribution in [0.4, 0.5) is 5.82 Å². The number of halogens is 1.